The van der Waals surface area contributed by atoms with Crippen LogP contribution in [0.3, 0.4) is 0 Å². The zero-order valence-corrected chi connectivity index (χ0v) is 28.3. The van der Waals surface area contributed by atoms with Crippen molar-refractivity contribution in [1.29, 1.82) is 0 Å². The minimum absolute atomic E-state index is 0.207. The van der Waals surface area contributed by atoms with E-state index in [-0.39, 0.29) is 11.8 Å². The first kappa shape index (κ1) is 34.6. The molecule has 4 rings (SSSR count). The maximum atomic E-state index is 13.4. The minimum atomic E-state index is -1.98. The first-order valence-electron chi connectivity index (χ1n) is 16.4. The molecule has 0 unspecified atom stereocenters. The van der Waals surface area contributed by atoms with Gasteiger partial charge in [-0.3, -0.25) is 0 Å². The van der Waals surface area contributed by atoms with Gasteiger partial charge in [0.05, 0.1) is 25.2 Å². The van der Waals surface area contributed by atoms with Crippen molar-refractivity contribution >= 4 is 0 Å². The van der Waals surface area contributed by atoms with Crippen LogP contribution in [0.15, 0.2) is 84.9 Å². The molecule has 45 heavy (non-hydrogen) atoms. The fourth-order valence-corrected chi connectivity index (χ4v) is 6.60. The van der Waals surface area contributed by atoms with Crippen LogP contribution in [0.25, 0.3) is 22.3 Å². The second-order valence-electron chi connectivity index (χ2n) is 13.9. The molecule has 240 valence electrons. The van der Waals surface area contributed by atoms with E-state index in [2.05, 4.69) is 91.8 Å². The quantitative estimate of drug-likeness (QED) is 0.130. The van der Waals surface area contributed by atoms with E-state index in [0.717, 1.165) is 33.4 Å². The van der Waals surface area contributed by atoms with Crippen LogP contribution in [0.5, 0.6) is 0 Å². The molecule has 0 aromatic heterocycles. The summed E-state index contributed by atoms with van der Waals surface area (Å²) in [5.74, 6) is 1.13. The van der Waals surface area contributed by atoms with E-state index in [9.17, 15) is 20.4 Å². The van der Waals surface area contributed by atoms with Crippen LogP contribution < -0.4 is 0 Å². The third kappa shape index (κ3) is 6.26. The number of aliphatic hydroxyl groups is 4. The predicted molar refractivity (Wildman–Crippen MR) is 187 cm³/mol. The van der Waals surface area contributed by atoms with Gasteiger partial charge >= 0.3 is 0 Å². The lowest BCUT2D eigenvalue weighted by Crippen LogP contribution is -2.54. The smallest absolute Gasteiger partial charge is 0.128 e. The molecule has 0 aliphatic heterocycles. The minimum Gasteiger partial charge on any atom is -0.395 e. The third-order valence-corrected chi connectivity index (χ3v) is 9.62. The number of benzene rings is 4. The molecule has 0 bridgehead atoms. The van der Waals surface area contributed by atoms with Gasteiger partial charge in [-0.25, -0.2) is 0 Å². The average Bonchev–Trinajstić information content (AvgIpc) is 3.04. The summed E-state index contributed by atoms with van der Waals surface area (Å²) in [5, 5.41) is 46.3. The molecular weight excluding hydrogens is 556 g/mol. The SMILES string of the molecule is CC(C)c1ccc(-c2ccccc2C(O)(c2ccccc2-c2ccc(C(C)C)cc2C(C)C)C(CO)(CO)CO)c(C(C)C)c1. The lowest BCUT2D eigenvalue weighted by molar-refractivity contribution is -0.135. The molecule has 0 heterocycles. The van der Waals surface area contributed by atoms with Crippen molar-refractivity contribution in [1.82, 2.24) is 0 Å². The Kier molecular flexibility index (Phi) is 10.8. The maximum absolute atomic E-state index is 13.4. The van der Waals surface area contributed by atoms with Crippen molar-refractivity contribution in [3.8, 4) is 22.3 Å². The van der Waals surface area contributed by atoms with E-state index in [1.54, 1.807) is 0 Å². The monoisotopic (exact) mass is 608 g/mol. The van der Waals surface area contributed by atoms with E-state index < -0.39 is 30.8 Å². The van der Waals surface area contributed by atoms with Crippen LogP contribution in [0.4, 0.5) is 0 Å². The fraction of sp³-hybridized carbons (Fsp3) is 0.415. The molecule has 0 fully saturated rings. The first-order chi connectivity index (χ1) is 21.4. The molecule has 0 aliphatic carbocycles. The Bertz CT molecular complexity index is 1480. The summed E-state index contributed by atoms with van der Waals surface area (Å²) < 4.78 is 0. The summed E-state index contributed by atoms with van der Waals surface area (Å²) in [6, 6.07) is 28.4. The maximum Gasteiger partial charge on any atom is 0.128 e. The van der Waals surface area contributed by atoms with Crippen molar-refractivity contribution < 1.29 is 20.4 Å². The van der Waals surface area contributed by atoms with Crippen molar-refractivity contribution in [2.24, 2.45) is 5.41 Å². The van der Waals surface area contributed by atoms with Gasteiger partial charge in [0.1, 0.15) is 5.60 Å². The van der Waals surface area contributed by atoms with Gasteiger partial charge in [-0.05, 0) is 79.3 Å². The molecule has 4 N–H and O–H groups in total. The lowest BCUT2D eigenvalue weighted by atomic mass is 9.63. The van der Waals surface area contributed by atoms with E-state index in [1.165, 1.54) is 11.1 Å². The fourth-order valence-electron chi connectivity index (χ4n) is 6.60. The molecule has 0 aliphatic rings. The Morgan fingerprint density at radius 1 is 0.467 bits per heavy atom. The van der Waals surface area contributed by atoms with Crippen LogP contribution in [0.1, 0.15) is 112 Å². The van der Waals surface area contributed by atoms with Crippen LogP contribution in [-0.4, -0.2) is 40.2 Å². The molecule has 0 radical (unpaired) electrons. The van der Waals surface area contributed by atoms with E-state index in [0.29, 0.717) is 23.0 Å². The second-order valence-corrected chi connectivity index (χ2v) is 13.9. The Labute approximate surface area is 270 Å². The van der Waals surface area contributed by atoms with Gasteiger partial charge in [-0.2, -0.15) is 0 Å². The topological polar surface area (TPSA) is 80.9 Å². The summed E-state index contributed by atoms with van der Waals surface area (Å²) in [7, 11) is 0. The average molecular weight is 609 g/mol. The summed E-state index contributed by atoms with van der Waals surface area (Å²) in [4.78, 5) is 0. The highest BCUT2D eigenvalue weighted by Crippen LogP contribution is 2.52. The van der Waals surface area contributed by atoms with Crippen LogP contribution in [0.2, 0.25) is 0 Å². The van der Waals surface area contributed by atoms with Gasteiger partial charge in [0.25, 0.3) is 0 Å². The van der Waals surface area contributed by atoms with Crippen molar-refractivity contribution in [3.05, 3.63) is 118 Å². The predicted octanol–water partition coefficient (Wildman–Crippen LogP) is 8.71. The highest BCUT2D eigenvalue weighted by molar-refractivity contribution is 5.78. The lowest BCUT2D eigenvalue weighted by Gasteiger charge is -2.46. The molecule has 0 spiro atoms. The summed E-state index contributed by atoms with van der Waals surface area (Å²) in [6.45, 7) is 15.5. The molecule has 0 saturated heterocycles. The Morgan fingerprint density at radius 3 is 1.13 bits per heavy atom. The molecule has 0 atom stereocenters. The standard InChI is InChI=1S/C41H52O4/c1-26(2)30-17-19-32(36(21-30)28(5)6)34-13-9-11-15-38(34)41(45,40(23-42,24-43)25-44)39-16-12-10-14-35(39)33-20-18-31(27(3)4)22-37(33)29(7)8/h9-22,26-29,42-45H,23-25H2,1-8H3. The van der Waals surface area contributed by atoms with Crippen LogP contribution in [0, 0.1) is 5.41 Å². The largest absolute Gasteiger partial charge is 0.395 e. The Balaban J connectivity index is 2.14. The van der Waals surface area contributed by atoms with Gasteiger partial charge in [0.2, 0.25) is 0 Å². The third-order valence-electron chi connectivity index (χ3n) is 9.62. The highest BCUT2D eigenvalue weighted by atomic mass is 16.3. The van der Waals surface area contributed by atoms with Gasteiger partial charge < -0.3 is 20.4 Å². The zero-order chi connectivity index (χ0) is 33.1. The molecule has 4 aromatic rings. The van der Waals surface area contributed by atoms with Crippen LogP contribution >= 0.6 is 0 Å². The van der Waals surface area contributed by atoms with Crippen molar-refractivity contribution in [2.45, 2.75) is 84.7 Å². The highest BCUT2D eigenvalue weighted by Gasteiger charge is 2.54. The molecule has 0 saturated carbocycles. The van der Waals surface area contributed by atoms with E-state index >= 15 is 0 Å². The summed E-state index contributed by atoms with van der Waals surface area (Å²) in [6.07, 6.45) is 0. The number of rotatable bonds is 12. The zero-order valence-electron chi connectivity index (χ0n) is 28.3. The number of aliphatic hydroxyl groups excluding tert-OH is 3. The molecule has 0 amide bonds. The van der Waals surface area contributed by atoms with Gasteiger partial charge in [-0.15, -0.1) is 0 Å². The number of hydrogen-bond donors (Lipinski definition) is 4. The van der Waals surface area contributed by atoms with Gasteiger partial charge in [0.15, 0.2) is 0 Å². The Hall–Kier alpha value is -3.28. The molecular formula is C41H52O4. The van der Waals surface area contributed by atoms with Gasteiger partial charge in [-0.1, -0.05) is 140 Å². The normalized spacial score (nSPS) is 12.6. The summed E-state index contributed by atoms with van der Waals surface area (Å²) >= 11 is 0. The molecule has 4 heteroatoms. The molecule has 4 aromatic carbocycles. The van der Waals surface area contributed by atoms with Gasteiger partial charge in [0, 0.05) is 0 Å². The van der Waals surface area contributed by atoms with Crippen molar-refractivity contribution in [3.63, 3.8) is 0 Å². The van der Waals surface area contributed by atoms with E-state index in [1.807, 2.05) is 48.5 Å². The van der Waals surface area contributed by atoms with Crippen LogP contribution in [-0.2, 0) is 5.60 Å². The Morgan fingerprint density at radius 2 is 0.822 bits per heavy atom. The number of hydrogen-bond acceptors (Lipinski definition) is 4. The second kappa shape index (κ2) is 14.0. The van der Waals surface area contributed by atoms with Crippen molar-refractivity contribution in [2.75, 3.05) is 19.8 Å². The first-order valence-corrected chi connectivity index (χ1v) is 16.4. The van der Waals surface area contributed by atoms with E-state index in [4.69, 9.17) is 0 Å². The molecule has 4 nitrogen and oxygen atoms in total. The summed E-state index contributed by atoms with van der Waals surface area (Å²) in [5.41, 5.74) is 5.71.